The molecule has 0 amide bonds. The molecule has 10 aromatic rings. The lowest BCUT2D eigenvalue weighted by atomic mass is 9.96. The van der Waals surface area contributed by atoms with Crippen LogP contribution in [0.1, 0.15) is 80.4 Å². The lowest BCUT2D eigenvalue weighted by molar-refractivity contribution is 0.109. The zero-order valence-electron chi connectivity index (χ0n) is 40.1. The number of imidazole rings is 2. The molecular weight excluding hydrogens is 881 g/mol. The number of hydrogen-bond acceptors (Lipinski definition) is 10. The molecule has 14 nitrogen and oxygen atoms in total. The molecule has 6 heterocycles. The van der Waals surface area contributed by atoms with Crippen LogP contribution in [-0.2, 0) is 20.1 Å². The van der Waals surface area contributed by atoms with E-state index in [1.54, 1.807) is 12.7 Å². The maximum absolute atomic E-state index is 6.33. The number of benzene rings is 4. The lowest BCUT2D eigenvalue weighted by Crippen LogP contribution is -2.27. The van der Waals surface area contributed by atoms with Gasteiger partial charge in [0.15, 0.2) is 0 Å². The van der Waals surface area contributed by atoms with E-state index >= 15 is 0 Å². The van der Waals surface area contributed by atoms with Crippen LogP contribution in [0.5, 0.6) is 0 Å². The predicted molar refractivity (Wildman–Crippen MR) is 275 cm³/mol. The monoisotopic (exact) mass is 936 g/mol. The highest BCUT2D eigenvalue weighted by molar-refractivity contribution is 6.32. The van der Waals surface area contributed by atoms with E-state index in [0.29, 0.717) is 31.4 Å². The molecule has 10 rings (SSSR count). The van der Waals surface area contributed by atoms with Gasteiger partial charge in [-0.2, -0.15) is 0 Å². The average Bonchev–Trinajstić information content (AvgIpc) is 4.14. The summed E-state index contributed by atoms with van der Waals surface area (Å²) in [6, 6.07) is 37.1. The van der Waals surface area contributed by atoms with Crippen molar-refractivity contribution in [3.05, 3.63) is 145 Å². The van der Waals surface area contributed by atoms with Crippen molar-refractivity contribution in [1.82, 2.24) is 49.1 Å². The largest absolute Gasteiger partial charge is 0.408 e. The molecule has 0 bridgehead atoms. The van der Waals surface area contributed by atoms with Crippen LogP contribution in [0.25, 0.3) is 55.6 Å². The van der Waals surface area contributed by atoms with Crippen LogP contribution in [0.4, 0.5) is 23.3 Å². The number of H-pyrrole nitrogens is 2. The molecule has 4 N–H and O–H groups in total. The molecule has 68 heavy (non-hydrogen) atoms. The highest BCUT2D eigenvalue weighted by Gasteiger charge is 2.27. The van der Waals surface area contributed by atoms with Gasteiger partial charge in [-0.3, -0.25) is 0 Å². The Bertz CT molecular complexity index is 3150. The second kappa shape index (κ2) is 18.3. The summed E-state index contributed by atoms with van der Waals surface area (Å²) < 4.78 is 16.5. The zero-order valence-corrected chi connectivity index (χ0v) is 42.1. The topological polar surface area (TPSA) is 160 Å². The number of hydrogen-bond donors (Lipinski definition) is 4. The molecule has 0 spiro atoms. The van der Waals surface area contributed by atoms with E-state index in [1.807, 2.05) is 70.0 Å². The van der Waals surface area contributed by atoms with Gasteiger partial charge >= 0.3 is 0 Å². The third-order valence-electron chi connectivity index (χ3n) is 11.1. The molecule has 0 atom stereocenters. The number of nitrogens with zero attached hydrogens (tertiary/aromatic N) is 8. The first-order valence-corrected chi connectivity index (χ1v) is 24.4. The maximum atomic E-state index is 6.33. The van der Waals surface area contributed by atoms with Gasteiger partial charge in [0.25, 0.3) is 0 Å². The van der Waals surface area contributed by atoms with Crippen molar-refractivity contribution in [1.29, 1.82) is 0 Å². The Hall–Kier alpha value is -6.99. The van der Waals surface area contributed by atoms with Crippen molar-refractivity contribution in [3.63, 3.8) is 0 Å². The van der Waals surface area contributed by atoms with Crippen molar-refractivity contribution >= 4 is 75.9 Å². The van der Waals surface area contributed by atoms with Crippen molar-refractivity contribution in [2.45, 2.75) is 90.5 Å². The first-order valence-electron chi connectivity index (χ1n) is 22.6. The fourth-order valence-electron chi connectivity index (χ4n) is 7.43. The van der Waals surface area contributed by atoms with Crippen LogP contribution in [-0.4, -0.2) is 68.7 Å². The van der Waals surface area contributed by atoms with Gasteiger partial charge in [0.1, 0.15) is 0 Å². The standard InChI is InChI=1S/2C26H28N6OSi/c2*1-25(2,3)34-33-26(4,5)18-8-6-7-17(13-18)23-12-10-20-15-27-24(31-32(20)23)30-19-9-11-21-22(14-19)29-16-28-21/h2*6-16H,1-5H3,(H,28,29)(H,30,31). The Labute approximate surface area is 401 Å². The number of nitrogens with one attached hydrogen (secondary N) is 4. The smallest absolute Gasteiger partial charge is 0.245 e. The minimum atomic E-state index is -0.387. The predicted octanol–water partition coefficient (Wildman–Crippen LogP) is 12.2. The Morgan fingerprint density at radius 3 is 1.32 bits per heavy atom. The van der Waals surface area contributed by atoms with Crippen LogP contribution in [0.2, 0.25) is 10.1 Å². The Balaban J connectivity index is 0.000000170. The fourth-order valence-corrected chi connectivity index (χ4v) is 8.78. The highest BCUT2D eigenvalue weighted by Crippen LogP contribution is 2.34. The summed E-state index contributed by atoms with van der Waals surface area (Å²) in [6.07, 6.45) is 7.03. The van der Waals surface area contributed by atoms with Gasteiger partial charge in [0.05, 0.1) is 80.7 Å². The van der Waals surface area contributed by atoms with E-state index in [1.165, 1.54) is 0 Å². The van der Waals surface area contributed by atoms with Crippen LogP contribution < -0.4 is 10.6 Å². The molecule has 0 aliphatic rings. The van der Waals surface area contributed by atoms with Crippen molar-refractivity contribution < 1.29 is 8.85 Å². The van der Waals surface area contributed by atoms with E-state index in [0.717, 1.165) is 78.1 Å². The van der Waals surface area contributed by atoms with Crippen LogP contribution in [0.3, 0.4) is 0 Å². The Kier molecular flexibility index (Phi) is 12.4. The van der Waals surface area contributed by atoms with Gasteiger partial charge in [-0.25, -0.2) is 29.0 Å². The molecule has 4 aromatic carbocycles. The molecular formula is C52H56N12O2Si2. The quantitative estimate of drug-likeness (QED) is 0.0868. The normalized spacial score (nSPS) is 12.5. The molecule has 0 saturated carbocycles. The SMILES string of the molecule is CC(C)(C)[Si]OC(C)(C)c1cccc(-c2ccc3cnc(Nc4ccc5nc[nH]c5c4)nn23)c1.CC(C)(C)[Si]OC(C)(C)c1cccc(-c2ccc3cnc(Nc4ccc5nc[nH]c5c4)nn23)c1. The molecule has 344 valence electrons. The number of aromatic amines is 2. The average molecular weight is 937 g/mol. The number of rotatable bonds is 12. The van der Waals surface area contributed by atoms with E-state index in [-0.39, 0.29) is 21.3 Å². The van der Waals surface area contributed by atoms with Crippen molar-refractivity contribution in [2.24, 2.45) is 0 Å². The minimum absolute atomic E-state index is 0.134. The van der Waals surface area contributed by atoms with Gasteiger partial charge in [-0.05, 0) is 122 Å². The van der Waals surface area contributed by atoms with Gasteiger partial charge in [-0.15, -0.1) is 10.2 Å². The summed E-state index contributed by atoms with van der Waals surface area (Å²) in [5.41, 5.74) is 13.1. The number of anilines is 4. The summed E-state index contributed by atoms with van der Waals surface area (Å²) in [5.74, 6) is 1.05. The van der Waals surface area contributed by atoms with Gasteiger partial charge in [0, 0.05) is 22.5 Å². The fraction of sp³-hybridized carbons (Fsp3) is 0.269. The zero-order chi connectivity index (χ0) is 47.8. The number of aromatic nitrogens is 10. The molecule has 0 aliphatic heterocycles. The summed E-state index contributed by atoms with van der Waals surface area (Å²) in [6.45, 7) is 21.7. The summed E-state index contributed by atoms with van der Waals surface area (Å²) in [7, 11) is 0.824. The minimum Gasteiger partial charge on any atom is -0.408 e. The van der Waals surface area contributed by atoms with Crippen molar-refractivity contribution in [2.75, 3.05) is 10.6 Å². The third-order valence-corrected chi connectivity index (χ3v) is 13.5. The van der Waals surface area contributed by atoms with Crippen LogP contribution in [0.15, 0.2) is 134 Å². The van der Waals surface area contributed by atoms with Gasteiger partial charge in [0.2, 0.25) is 31.4 Å². The van der Waals surface area contributed by atoms with Gasteiger partial charge < -0.3 is 29.5 Å². The molecule has 0 aliphatic carbocycles. The second-order valence-electron chi connectivity index (χ2n) is 19.9. The molecule has 4 radical (unpaired) electrons. The summed E-state index contributed by atoms with van der Waals surface area (Å²) >= 11 is 0. The van der Waals surface area contributed by atoms with Crippen LogP contribution in [0, 0.1) is 0 Å². The van der Waals surface area contributed by atoms with Crippen molar-refractivity contribution in [3.8, 4) is 22.5 Å². The summed E-state index contributed by atoms with van der Waals surface area (Å²) in [5, 5.41) is 16.4. The maximum Gasteiger partial charge on any atom is 0.245 e. The van der Waals surface area contributed by atoms with E-state index < -0.39 is 0 Å². The Morgan fingerprint density at radius 2 is 0.912 bits per heavy atom. The molecule has 6 aromatic heterocycles. The van der Waals surface area contributed by atoms with Crippen LogP contribution >= 0.6 is 0 Å². The summed E-state index contributed by atoms with van der Waals surface area (Å²) in [4.78, 5) is 23.8. The highest BCUT2D eigenvalue weighted by atomic mass is 28.2. The molecule has 0 fully saturated rings. The molecule has 0 saturated heterocycles. The second-order valence-corrected chi connectivity index (χ2v) is 23.7. The first kappa shape index (κ1) is 46.1. The Morgan fingerprint density at radius 1 is 0.485 bits per heavy atom. The third kappa shape index (κ3) is 10.6. The number of fused-ring (bicyclic) bond motifs is 4. The van der Waals surface area contributed by atoms with E-state index in [4.69, 9.17) is 19.0 Å². The van der Waals surface area contributed by atoms with E-state index in [9.17, 15) is 0 Å². The lowest BCUT2D eigenvalue weighted by Gasteiger charge is -2.30. The molecule has 0 unspecified atom stereocenters. The van der Waals surface area contributed by atoms with E-state index in [2.05, 4.69) is 170 Å². The van der Waals surface area contributed by atoms with Gasteiger partial charge in [-0.1, -0.05) is 77.9 Å². The first-order chi connectivity index (χ1) is 32.4. The molecule has 16 heteroatoms.